The van der Waals surface area contributed by atoms with Crippen LogP contribution in [0.1, 0.15) is 19.8 Å². The molecule has 1 rings (SSSR count). The fraction of sp³-hybridized carbons (Fsp3) is 0.400. The summed E-state index contributed by atoms with van der Waals surface area (Å²) in [6.07, 6.45) is 2.08. The van der Waals surface area contributed by atoms with E-state index in [9.17, 15) is 0 Å². The van der Waals surface area contributed by atoms with Gasteiger partial charge < -0.3 is 10.6 Å². The highest BCUT2D eigenvalue weighted by atomic mass is 17.2. The summed E-state index contributed by atoms with van der Waals surface area (Å²) in [5.41, 5.74) is 6.23. The van der Waals surface area contributed by atoms with Crippen LogP contribution in [0.25, 0.3) is 0 Å². The van der Waals surface area contributed by atoms with E-state index in [0.717, 1.165) is 12.8 Å². The number of anilines is 1. The Morgan fingerprint density at radius 2 is 2.08 bits per heavy atom. The number of para-hydroxylation sites is 2. The molecule has 0 spiro atoms. The highest BCUT2D eigenvalue weighted by Crippen LogP contribution is 2.19. The van der Waals surface area contributed by atoms with E-state index < -0.39 is 0 Å². The molecule has 0 saturated carbocycles. The lowest BCUT2D eigenvalue weighted by atomic mass is 10.3. The quantitative estimate of drug-likeness (QED) is 0.328. The summed E-state index contributed by atoms with van der Waals surface area (Å²) in [5.74, 6) is 0.582. The van der Waals surface area contributed by atoms with Gasteiger partial charge in [0.1, 0.15) is 0 Å². The van der Waals surface area contributed by atoms with E-state index in [1.165, 1.54) is 0 Å². The first-order valence-corrected chi connectivity index (χ1v) is 4.48. The first-order chi connectivity index (χ1) is 6.34. The predicted octanol–water partition coefficient (Wildman–Crippen LogP) is 2.38. The van der Waals surface area contributed by atoms with Crippen molar-refractivity contribution in [2.45, 2.75) is 19.8 Å². The van der Waals surface area contributed by atoms with E-state index in [4.69, 9.17) is 15.5 Å². The predicted molar refractivity (Wildman–Crippen MR) is 52.3 cm³/mol. The maximum atomic E-state index is 5.63. The zero-order chi connectivity index (χ0) is 9.52. The molecule has 2 N–H and O–H groups in total. The molecule has 0 radical (unpaired) electrons. The van der Waals surface area contributed by atoms with E-state index in [1.54, 1.807) is 12.1 Å². The molecule has 0 unspecified atom stereocenters. The van der Waals surface area contributed by atoms with Gasteiger partial charge in [0.15, 0.2) is 5.75 Å². The van der Waals surface area contributed by atoms with Crippen LogP contribution in [0.4, 0.5) is 5.69 Å². The van der Waals surface area contributed by atoms with Crippen molar-refractivity contribution < 1.29 is 9.78 Å². The molecule has 0 aliphatic rings. The summed E-state index contributed by atoms with van der Waals surface area (Å²) >= 11 is 0. The van der Waals surface area contributed by atoms with Crippen LogP contribution in [0.3, 0.4) is 0 Å². The van der Waals surface area contributed by atoms with E-state index in [2.05, 4.69) is 6.92 Å². The van der Waals surface area contributed by atoms with Gasteiger partial charge in [0, 0.05) is 0 Å². The molecule has 0 aromatic heterocycles. The first kappa shape index (κ1) is 9.86. The average molecular weight is 181 g/mol. The van der Waals surface area contributed by atoms with Crippen LogP contribution in [0.2, 0.25) is 0 Å². The summed E-state index contributed by atoms with van der Waals surface area (Å²) < 4.78 is 0. The number of rotatable bonds is 5. The monoisotopic (exact) mass is 181 g/mol. The van der Waals surface area contributed by atoms with Gasteiger partial charge in [-0.2, -0.15) is 4.89 Å². The molecule has 0 bridgehead atoms. The van der Waals surface area contributed by atoms with E-state index in [0.29, 0.717) is 18.0 Å². The third-order valence-corrected chi connectivity index (χ3v) is 1.65. The Morgan fingerprint density at radius 1 is 1.31 bits per heavy atom. The van der Waals surface area contributed by atoms with Crippen molar-refractivity contribution in [3.05, 3.63) is 24.3 Å². The number of unbranched alkanes of at least 4 members (excludes halogenated alkanes) is 1. The van der Waals surface area contributed by atoms with Gasteiger partial charge in [0.05, 0.1) is 12.3 Å². The molecule has 0 saturated heterocycles. The minimum atomic E-state index is 0.582. The third-order valence-electron chi connectivity index (χ3n) is 1.65. The summed E-state index contributed by atoms with van der Waals surface area (Å²) in [4.78, 5) is 9.97. The first-order valence-electron chi connectivity index (χ1n) is 4.48. The number of nitrogen functional groups attached to an aromatic ring is 1. The van der Waals surface area contributed by atoms with E-state index in [-0.39, 0.29) is 0 Å². The smallest absolute Gasteiger partial charge is 0.188 e. The number of hydrogen-bond acceptors (Lipinski definition) is 3. The van der Waals surface area contributed by atoms with Crippen molar-refractivity contribution in [2.24, 2.45) is 0 Å². The minimum Gasteiger partial charge on any atom is -0.396 e. The van der Waals surface area contributed by atoms with Crippen molar-refractivity contribution in [2.75, 3.05) is 12.3 Å². The second-order valence-electron chi connectivity index (χ2n) is 2.80. The van der Waals surface area contributed by atoms with Gasteiger partial charge in [0.25, 0.3) is 0 Å². The van der Waals surface area contributed by atoms with Crippen molar-refractivity contribution in [1.29, 1.82) is 0 Å². The summed E-state index contributed by atoms with van der Waals surface area (Å²) in [7, 11) is 0. The van der Waals surface area contributed by atoms with Crippen molar-refractivity contribution in [3.63, 3.8) is 0 Å². The van der Waals surface area contributed by atoms with E-state index in [1.807, 2.05) is 12.1 Å². The molecule has 1 aromatic carbocycles. The lowest BCUT2D eigenvalue weighted by Gasteiger charge is -2.05. The summed E-state index contributed by atoms with van der Waals surface area (Å²) in [6, 6.07) is 7.27. The molecule has 0 heterocycles. The number of benzene rings is 1. The Morgan fingerprint density at radius 3 is 2.77 bits per heavy atom. The van der Waals surface area contributed by atoms with Gasteiger partial charge in [-0.1, -0.05) is 25.5 Å². The Bertz CT molecular complexity index is 250. The minimum absolute atomic E-state index is 0.582. The molecule has 13 heavy (non-hydrogen) atoms. The van der Waals surface area contributed by atoms with Gasteiger partial charge >= 0.3 is 0 Å². The summed E-state index contributed by atoms with van der Waals surface area (Å²) in [6.45, 7) is 2.70. The van der Waals surface area contributed by atoms with Crippen LogP contribution in [0.15, 0.2) is 24.3 Å². The van der Waals surface area contributed by atoms with Gasteiger partial charge in [-0.25, -0.2) is 0 Å². The van der Waals surface area contributed by atoms with Gasteiger partial charge in [-0.3, -0.25) is 0 Å². The molecule has 3 heteroatoms. The maximum Gasteiger partial charge on any atom is 0.188 e. The molecule has 1 aromatic rings. The Kier molecular flexibility index (Phi) is 4.12. The average Bonchev–Trinajstić information content (AvgIpc) is 2.15. The van der Waals surface area contributed by atoms with Crippen LogP contribution in [0, 0.1) is 0 Å². The second-order valence-corrected chi connectivity index (χ2v) is 2.80. The molecule has 0 atom stereocenters. The molecule has 0 aliphatic heterocycles. The van der Waals surface area contributed by atoms with Crippen LogP contribution in [-0.2, 0) is 4.89 Å². The molecule has 0 aliphatic carbocycles. The standard InChI is InChI=1S/C10H15NO2/c1-2-3-8-12-13-10-7-5-4-6-9(10)11/h4-7H,2-3,8,11H2,1H3. The van der Waals surface area contributed by atoms with Gasteiger partial charge in [-0.05, 0) is 18.6 Å². The van der Waals surface area contributed by atoms with E-state index >= 15 is 0 Å². The molecular weight excluding hydrogens is 166 g/mol. The largest absolute Gasteiger partial charge is 0.396 e. The fourth-order valence-electron chi connectivity index (χ4n) is 0.865. The lowest BCUT2D eigenvalue weighted by Crippen LogP contribution is -2.01. The highest BCUT2D eigenvalue weighted by molar-refractivity contribution is 5.51. The Balaban J connectivity index is 2.32. The SMILES string of the molecule is CCCCOOc1ccccc1N. The molecule has 72 valence electrons. The van der Waals surface area contributed by atoms with Crippen molar-refractivity contribution >= 4 is 5.69 Å². The summed E-state index contributed by atoms with van der Waals surface area (Å²) in [5, 5.41) is 0. The Labute approximate surface area is 78.4 Å². The topological polar surface area (TPSA) is 44.5 Å². The number of hydrogen-bond donors (Lipinski definition) is 1. The fourth-order valence-corrected chi connectivity index (χ4v) is 0.865. The van der Waals surface area contributed by atoms with Gasteiger partial charge in [-0.15, -0.1) is 0 Å². The Hall–Kier alpha value is -1.22. The lowest BCUT2D eigenvalue weighted by molar-refractivity contribution is -0.206. The molecular formula is C10H15NO2. The third kappa shape index (κ3) is 3.34. The maximum absolute atomic E-state index is 5.63. The molecule has 3 nitrogen and oxygen atoms in total. The highest BCUT2D eigenvalue weighted by Gasteiger charge is 1.98. The molecule has 0 fully saturated rings. The molecule has 0 amide bonds. The van der Waals surface area contributed by atoms with Crippen molar-refractivity contribution in [3.8, 4) is 5.75 Å². The van der Waals surface area contributed by atoms with Crippen LogP contribution < -0.4 is 10.6 Å². The van der Waals surface area contributed by atoms with Crippen LogP contribution >= 0.6 is 0 Å². The van der Waals surface area contributed by atoms with Crippen molar-refractivity contribution in [1.82, 2.24) is 0 Å². The number of nitrogens with two attached hydrogens (primary N) is 1. The zero-order valence-corrected chi connectivity index (χ0v) is 7.82. The second kappa shape index (κ2) is 5.43. The normalized spacial score (nSPS) is 9.92. The van der Waals surface area contributed by atoms with Crippen LogP contribution in [0.5, 0.6) is 5.75 Å². The van der Waals surface area contributed by atoms with Gasteiger partial charge in [0.2, 0.25) is 0 Å². The van der Waals surface area contributed by atoms with Crippen LogP contribution in [-0.4, -0.2) is 6.61 Å². The zero-order valence-electron chi connectivity index (χ0n) is 7.82.